The van der Waals surface area contributed by atoms with E-state index in [1.165, 1.54) is 6.07 Å². The smallest absolute Gasteiger partial charge is 0.334 e. The van der Waals surface area contributed by atoms with Crippen LogP contribution in [-0.4, -0.2) is 56.4 Å². The third-order valence-corrected chi connectivity index (χ3v) is 5.60. The second-order valence-electron chi connectivity index (χ2n) is 5.03. The van der Waals surface area contributed by atoms with Crippen LogP contribution in [0.4, 0.5) is 0 Å². The number of aryl methyl sites for hydroxylation is 1. The number of hydrogen-bond donors (Lipinski definition) is 1. The van der Waals surface area contributed by atoms with Crippen molar-refractivity contribution in [3.63, 3.8) is 0 Å². The number of nitrogens with zero attached hydrogens (tertiary/aromatic N) is 1. The molecule has 1 aromatic carbocycles. The summed E-state index contributed by atoms with van der Waals surface area (Å²) in [5.74, 6) is -0.309. The molecule has 0 bridgehead atoms. The van der Waals surface area contributed by atoms with E-state index in [1.807, 2.05) is 0 Å². The summed E-state index contributed by atoms with van der Waals surface area (Å²) in [6.45, 7) is 1.65. The van der Waals surface area contributed by atoms with Crippen molar-refractivity contribution in [2.45, 2.75) is 17.9 Å². The number of benzene rings is 1. The number of carboxylic acid groups (broad SMARTS) is 1. The van der Waals surface area contributed by atoms with E-state index in [2.05, 4.69) is 0 Å². The number of carboxylic acids is 1. The van der Waals surface area contributed by atoms with Crippen molar-refractivity contribution in [3.05, 3.63) is 17.7 Å². The lowest BCUT2D eigenvalue weighted by molar-refractivity contribution is -0.153. The van der Waals surface area contributed by atoms with E-state index in [9.17, 15) is 13.2 Å². The second-order valence-corrected chi connectivity index (χ2v) is 6.94. The standard InChI is InChI=1S/C13H15NO7S/c1-8-4-9-10(21-7-20-9)5-12(8)22(17,18)14-2-3-19-11(6-14)13(15)16/h4-5,11H,2-3,6-7H2,1H3,(H,15,16). The summed E-state index contributed by atoms with van der Waals surface area (Å²) in [7, 11) is -3.83. The Labute approximate surface area is 127 Å². The highest BCUT2D eigenvalue weighted by molar-refractivity contribution is 7.89. The number of aliphatic carboxylic acids is 1. The molecule has 1 atom stereocenters. The van der Waals surface area contributed by atoms with Crippen molar-refractivity contribution in [3.8, 4) is 11.5 Å². The van der Waals surface area contributed by atoms with Gasteiger partial charge in [-0.1, -0.05) is 0 Å². The van der Waals surface area contributed by atoms with Crippen LogP contribution in [-0.2, 0) is 19.6 Å². The van der Waals surface area contributed by atoms with Crippen LogP contribution in [0.5, 0.6) is 11.5 Å². The Morgan fingerprint density at radius 2 is 2.00 bits per heavy atom. The van der Waals surface area contributed by atoms with Gasteiger partial charge in [0.2, 0.25) is 16.8 Å². The molecular formula is C13H15NO7S. The summed E-state index contributed by atoms with van der Waals surface area (Å²) in [6.07, 6.45) is -1.15. The Morgan fingerprint density at radius 1 is 1.32 bits per heavy atom. The molecule has 2 aliphatic heterocycles. The fourth-order valence-electron chi connectivity index (χ4n) is 2.44. The fraction of sp³-hybridized carbons (Fsp3) is 0.462. The predicted octanol–water partition coefficient (Wildman–Crippen LogP) is 0.198. The van der Waals surface area contributed by atoms with Crippen LogP contribution >= 0.6 is 0 Å². The molecule has 3 rings (SSSR count). The van der Waals surface area contributed by atoms with Crippen molar-refractivity contribution in [2.75, 3.05) is 26.5 Å². The lowest BCUT2D eigenvalue weighted by atomic mass is 10.2. The van der Waals surface area contributed by atoms with E-state index in [0.29, 0.717) is 17.1 Å². The van der Waals surface area contributed by atoms with Crippen LogP contribution in [0.3, 0.4) is 0 Å². The average Bonchev–Trinajstić information content (AvgIpc) is 2.93. The predicted molar refractivity (Wildman–Crippen MR) is 73.4 cm³/mol. The van der Waals surface area contributed by atoms with Gasteiger partial charge in [0.1, 0.15) is 0 Å². The molecule has 2 aliphatic rings. The molecule has 0 amide bonds. The van der Waals surface area contributed by atoms with Crippen molar-refractivity contribution in [1.82, 2.24) is 4.31 Å². The number of sulfonamides is 1. The molecule has 22 heavy (non-hydrogen) atoms. The van der Waals surface area contributed by atoms with Crippen LogP contribution < -0.4 is 9.47 Å². The van der Waals surface area contributed by atoms with Gasteiger partial charge in [-0.2, -0.15) is 4.31 Å². The van der Waals surface area contributed by atoms with Gasteiger partial charge in [0.25, 0.3) is 0 Å². The zero-order valence-electron chi connectivity index (χ0n) is 11.8. The Morgan fingerprint density at radius 3 is 2.68 bits per heavy atom. The molecule has 1 fully saturated rings. The summed E-state index contributed by atoms with van der Waals surface area (Å²) >= 11 is 0. The minimum absolute atomic E-state index is 0.0415. The molecule has 0 aromatic heterocycles. The molecule has 8 nitrogen and oxygen atoms in total. The molecule has 1 aromatic rings. The van der Waals surface area contributed by atoms with E-state index in [4.69, 9.17) is 19.3 Å². The normalized spacial score (nSPS) is 21.8. The number of ether oxygens (including phenoxy) is 3. The Kier molecular flexibility index (Phi) is 3.71. The minimum Gasteiger partial charge on any atom is -0.479 e. The third kappa shape index (κ3) is 2.51. The first-order chi connectivity index (χ1) is 10.4. The molecule has 1 unspecified atom stereocenters. The highest BCUT2D eigenvalue weighted by Gasteiger charge is 2.35. The van der Waals surface area contributed by atoms with E-state index >= 15 is 0 Å². The number of carbonyl (C=O) groups is 1. The van der Waals surface area contributed by atoms with E-state index in [-0.39, 0.29) is 31.4 Å². The van der Waals surface area contributed by atoms with Crippen LogP contribution in [0.15, 0.2) is 17.0 Å². The summed E-state index contributed by atoms with van der Waals surface area (Å²) in [4.78, 5) is 11.1. The Bertz CT molecular complexity index is 715. The fourth-order valence-corrected chi connectivity index (χ4v) is 4.08. The average molecular weight is 329 g/mol. The van der Waals surface area contributed by atoms with Crippen LogP contribution in [0.25, 0.3) is 0 Å². The number of fused-ring (bicyclic) bond motifs is 1. The number of hydrogen-bond acceptors (Lipinski definition) is 6. The first-order valence-electron chi connectivity index (χ1n) is 6.64. The van der Waals surface area contributed by atoms with Crippen LogP contribution in [0, 0.1) is 6.92 Å². The molecule has 0 spiro atoms. The van der Waals surface area contributed by atoms with Gasteiger partial charge in [-0.15, -0.1) is 0 Å². The third-order valence-electron chi connectivity index (χ3n) is 3.59. The van der Waals surface area contributed by atoms with E-state index in [1.54, 1.807) is 13.0 Å². The van der Waals surface area contributed by atoms with E-state index < -0.39 is 22.1 Å². The lowest BCUT2D eigenvalue weighted by Gasteiger charge is -2.30. The van der Waals surface area contributed by atoms with Gasteiger partial charge in [-0.3, -0.25) is 0 Å². The molecular weight excluding hydrogens is 314 g/mol. The van der Waals surface area contributed by atoms with Gasteiger partial charge in [0.15, 0.2) is 17.6 Å². The topological polar surface area (TPSA) is 102 Å². The van der Waals surface area contributed by atoms with Gasteiger partial charge >= 0.3 is 5.97 Å². The number of rotatable bonds is 3. The molecule has 9 heteroatoms. The molecule has 1 saturated heterocycles. The van der Waals surface area contributed by atoms with Gasteiger partial charge < -0.3 is 19.3 Å². The quantitative estimate of drug-likeness (QED) is 0.845. The molecule has 0 saturated carbocycles. The maximum atomic E-state index is 12.8. The maximum Gasteiger partial charge on any atom is 0.334 e. The molecule has 120 valence electrons. The van der Waals surface area contributed by atoms with Crippen molar-refractivity contribution in [2.24, 2.45) is 0 Å². The van der Waals surface area contributed by atoms with Gasteiger partial charge in [0.05, 0.1) is 18.0 Å². The SMILES string of the molecule is Cc1cc2c(cc1S(=O)(=O)N1CCOC(C(=O)O)C1)OCO2. The molecule has 1 N–H and O–H groups in total. The summed E-state index contributed by atoms with van der Waals surface area (Å²) < 4.78 is 42.1. The first-order valence-corrected chi connectivity index (χ1v) is 8.08. The van der Waals surface area contributed by atoms with Gasteiger partial charge in [0, 0.05) is 12.6 Å². The highest BCUT2D eigenvalue weighted by atomic mass is 32.2. The number of morpholine rings is 1. The zero-order valence-corrected chi connectivity index (χ0v) is 12.6. The van der Waals surface area contributed by atoms with Gasteiger partial charge in [-0.25, -0.2) is 13.2 Å². The largest absolute Gasteiger partial charge is 0.479 e. The summed E-state index contributed by atoms with van der Waals surface area (Å²) in [5.41, 5.74) is 0.516. The van der Waals surface area contributed by atoms with Crippen LogP contribution in [0.2, 0.25) is 0 Å². The van der Waals surface area contributed by atoms with Crippen molar-refractivity contribution >= 4 is 16.0 Å². The van der Waals surface area contributed by atoms with Crippen molar-refractivity contribution < 1.29 is 32.5 Å². The van der Waals surface area contributed by atoms with Crippen molar-refractivity contribution in [1.29, 1.82) is 0 Å². The summed E-state index contributed by atoms with van der Waals surface area (Å²) in [6, 6.07) is 3.02. The Balaban J connectivity index is 1.94. The first kappa shape index (κ1) is 15.1. The van der Waals surface area contributed by atoms with Crippen LogP contribution in [0.1, 0.15) is 5.56 Å². The zero-order chi connectivity index (χ0) is 15.9. The molecule has 2 heterocycles. The second kappa shape index (κ2) is 5.41. The molecule has 0 aliphatic carbocycles. The summed E-state index contributed by atoms with van der Waals surface area (Å²) in [5, 5.41) is 8.99. The minimum atomic E-state index is -3.83. The van der Waals surface area contributed by atoms with Gasteiger partial charge in [-0.05, 0) is 18.6 Å². The molecule has 0 radical (unpaired) electrons. The highest BCUT2D eigenvalue weighted by Crippen LogP contribution is 2.37. The monoisotopic (exact) mass is 329 g/mol. The maximum absolute atomic E-state index is 12.8. The van der Waals surface area contributed by atoms with E-state index in [0.717, 1.165) is 4.31 Å². The lowest BCUT2D eigenvalue weighted by Crippen LogP contribution is -2.48. The Hall–Kier alpha value is -1.84.